The van der Waals surface area contributed by atoms with E-state index < -0.39 is 5.91 Å². The van der Waals surface area contributed by atoms with Crippen LogP contribution in [0.2, 0.25) is 10.0 Å². The van der Waals surface area contributed by atoms with Crippen LogP contribution < -0.4 is 5.32 Å². The Morgan fingerprint density at radius 1 is 1.22 bits per heavy atom. The van der Waals surface area contributed by atoms with E-state index in [2.05, 4.69) is 10.3 Å². The summed E-state index contributed by atoms with van der Waals surface area (Å²) in [5.41, 5.74) is 0.371. The maximum atomic E-state index is 11.8. The van der Waals surface area contributed by atoms with E-state index >= 15 is 0 Å². The molecule has 1 aromatic carbocycles. The number of aromatic nitrogens is 1. The van der Waals surface area contributed by atoms with Gasteiger partial charge in [-0.25, -0.2) is 4.98 Å². The topological polar surface area (TPSA) is 62.2 Å². The van der Waals surface area contributed by atoms with Gasteiger partial charge in [-0.05, 0) is 30.3 Å². The highest BCUT2D eigenvalue weighted by atomic mass is 35.5. The van der Waals surface area contributed by atoms with Crippen LogP contribution in [0.3, 0.4) is 0 Å². The van der Waals surface area contributed by atoms with Gasteiger partial charge in [-0.1, -0.05) is 23.2 Å². The SMILES string of the molecule is O=C(Nc1cc(Cl)cc(Cl)c1)c1ncccc1O. The van der Waals surface area contributed by atoms with Crippen molar-refractivity contribution >= 4 is 34.8 Å². The number of nitrogens with one attached hydrogen (secondary N) is 1. The first-order valence-corrected chi connectivity index (χ1v) is 5.73. The zero-order valence-electron chi connectivity index (χ0n) is 9.02. The highest BCUT2D eigenvalue weighted by Crippen LogP contribution is 2.23. The maximum Gasteiger partial charge on any atom is 0.278 e. The van der Waals surface area contributed by atoms with Crippen LogP contribution in [0.25, 0.3) is 0 Å². The second-order valence-corrected chi connectivity index (χ2v) is 4.36. The number of halogens is 2. The molecule has 1 amide bonds. The van der Waals surface area contributed by atoms with Crippen LogP contribution in [0, 0.1) is 0 Å². The number of carbonyl (C=O) groups excluding carboxylic acids is 1. The lowest BCUT2D eigenvalue weighted by Gasteiger charge is -2.06. The molecule has 18 heavy (non-hydrogen) atoms. The van der Waals surface area contributed by atoms with Crippen LogP contribution in [0.1, 0.15) is 10.5 Å². The Bertz CT molecular complexity index is 582. The minimum atomic E-state index is -0.536. The van der Waals surface area contributed by atoms with Crippen LogP contribution in [-0.2, 0) is 0 Å². The van der Waals surface area contributed by atoms with Crippen molar-refractivity contribution < 1.29 is 9.90 Å². The first-order valence-electron chi connectivity index (χ1n) is 4.97. The Morgan fingerprint density at radius 3 is 2.50 bits per heavy atom. The standard InChI is InChI=1S/C12H8Cl2N2O2/c13-7-4-8(14)6-9(5-7)16-12(18)11-10(17)2-1-3-15-11/h1-6,17H,(H,16,18). The van der Waals surface area contributed by atoms with Crippen molar-refractivity contribution in [1.82, 2.24) is 4.98 Å². The molecular formula is C12H8Cl2N2O2. The quantitative estimate of drug-likeness (QED) is 0.888. The highest BCUT2D eigenvalue weighted by molar-refractivity contribution is 6.35. The largest absolute Gasteiger partial charge is 0.505 e. The number of rotatable bonds is 2. The molecule has 2 aromatic rings. The van der Waals surface area contributed by atoms with Crippen LogP contribution >= 0.6 is 23.2 Å². The number of nitrogens with zero attached hydrogens (tertiary/aromatic N) is 1. The molecule has 1 heterocycles. The van der Waals surface area contributed by atoms with Gasteiger partial charge in [-0.2, -0.15) is 0 Å². The molecular weight excluding hydrogens is 275 g/mol. The molecule has 0 radical (unpaired) electrons. The predicted molar refractivity (Wildman–Crippen MR) is 70.3 cm³/mol. The Morgan fingerprint density at radius 2 is 1.89 bits per heavy atom. The fraction of sp³-hybridized carbons (Fsp3) is 0. The average Bonchev–Trinajstić information content (AvgIpc) is 2.27. The van der Waals surface area contributed by atoms with E-state index in [9.17, 15) is 9.90 Å². The van der Waals surface area contributed by atoms with Crippen molar-refractivity contribution in [3.8, 4) is 5.75 Å². The summed E-state index contributed by atoms with van der Waals surface area (Å²) in [7, 11) is 0. The number of anilines is 1. The summed E-state index contributed by atoms with van der Waals surface area (Å²) in [5.74, 6) is -0.727. The molecule has 0 fully saturated rings. The third-order valence-corrected chi connectivity index (χ3v) is 2.56. The van der Waals surface area contributed by atoms with Gasteiger partial charge in [0, 0.05) is 21.9 Å². The zero-order valence-corrected chi connectivity index (χ0v) is 10.5. The molecule has 0 unspecified atom stereocenters. The fourth-order valence-corrected chi connectivity index (χ4v) is 1.91. The molecule has 1 aromatic heterocycles. The van der Waals surface area contributed by atoms with Gasteiger partial charge in [-0.3, -0.25) is 4.79 Å². The summed E-state index contributed by atoms with van der Waals surface area (Å²) >= 11 is 11.6. The average molecular weight is 283 g/mol. The number of hydrogen-bond donors (Lipinski definition) is 2. The number of pyridine rings is 1. The van der Waals surface area contributed by atoms with Crippen LogP contribution in [-0.4, -0.2) is 16.0 Å². The molecule has 4 nitrogen and oxygen atoms in total. The smallest absolute Gasteiger partial charge is 0.278 e. The van der Waals surface area contributed by atoms with Crippen LogP contribution in [0.4, 0.5) is 5.69 Å². The van der Waals surface area contributed by atoms with Crippen LogP contribution in [0.5, 0.6) is 5.75 Å². The number of benzene rings is 1. The van der Waals surface area contributed by atoms with Gasteiger partial charge in [-0.15, -0.1) is 0 Å². The summed E-state index contributed by atoms with van der Waals surface area (Å²) in [5, 5.41) is 12.9. The molecule has 0 aliphatic rings. The maximum absolute atomic E-state index is 11.8. The van der Waals surface area contributed by atoms with Crippen molar-refractivity contribution in [1.29, 1.82) is 0 Å². The molecule has 0 aliphatic heterocycles. The highest BCUT2D eigenvalue weighted by Gasteiger charge is 2.12. The van der Waals surface area contributed by atoms with Gasteiger partial charge in [0.05, 0.1) is 0 Å². The second-order valence-electron chi connectivity index (χ2n) is 3.48. The van der Waals surface area contributed by atoms with Gasteiger partial charge in [0.1, 0.15) is 5.75 Å². The van der Waals surface area contributed by atoms with E-state index in [1.165, 1.54) is 18.3 Å². The Balaban J connectivity index is 2.24. The molecule has 2 rings (SSSR count). The van der Waals surface area contributed by atoms with Gasteiger partial charge < -0.3 is 10.4 Å². The van der Waals surface area contributed by atoms with E-state index in [1.54, 1.807) is 18.2 Å². The van der Waals surface area contributed by atoms with Crippen LogP contribution in [0.15, 0.2) is 36.5 Å². The van der Waals surface area contributed by atoms with E-state index in [0.717, 1.165) is 0 Å². The van der Waals surface area contributed by atoms with Crippen molar-refractivity contribution in [2.24, 2.45) is 0 Å². The van der Waals surface area contributed by atoms with E-state index in [0.29, 0.717) is 15.7 Å². The summed E-state index contributed by atoms with van der Waals surface area (Å²) in [6, 6.07) is 7.56. The van der Waals surface area contributed by atoms with Crippen molar-refractivity contribution in [3.63, 3.8) is 0 Å². The minimum absolute atomic E-state index is 0.0615. The molecule has 6 heteroatoms. The Labute approximate surface area is 113 Å². The molecule has 92 valence electrons. The normalized spacial score (nSPS) is 10.1. The third-order valence-electron chi connectivity index (χ3n) is 2.12. The minimum Gasteiger partial charge on any atom is -0.505 e. The molecule has 0 atom stereocenters. The third kappa shape index (κ3) is 2.91. The zero-order chi connectivity index (χ0) is 13.1. The molecule has 0 spiro atoms. The molecule has 0 aliphatic carbocycles. The summed E-state index contributed by atoms with van der Waals surface area (Å²) in [6.45, 7) is 0. The Kier molecular flexibility index (Phi) is 3.69. The lowest BCUT2D eigenvalue weighted by atomic mass is 10.2. The fourth-order valence-electron chi connectivity index (χ4n) is 1.39. The first kappa shape index (κ1) is 12.7. The van der Waals surface area contributed by atoms with Crippen molar-refractivity contribution in [2.45, 2.75) is 0 Å². The number of hydrogen-bond acceptors (Lipinski definition) is 3. The lowest BCUT2D eigenvalue weighted by molar-refractivity contribution is 0.101. The van der Waals surface area contributed by atoms with E-state index in [-0.39, 0.29) is 11.4 Å². The van der Waals surface area contributed by atoms with E-state index in [4.69, 9.17) is 23.2 Å². The molecule has 0 saturated heterocycles. The van der Waals surface area contributed by atoms with E-state index in [1.807, 2.05) is 0 Å². The lowest BCUT2D eigenvalue weighted by Crippen LogP contribution is -2.13. The van der Waals surface area contributed by atoms with Gasteiger partial charge in [0.15, 0.2) is 5.69 Å². The van der Waals surface area contributed by atoms with Crippen molar-refractivity contribution in [2.75, 3.05) is 5.32 Å². The number of aromatic hydroxyl groups is 1. The second kappa shape index (κ2) is 5.25. The summed E-state index contributed by atoms with van der Waals surface area (Å²) in [6.07, 6.45) is 1.42. The monoisotopic (exact) mass is 282 g/mol. The summed E-state index contributed by atoms with van der Waals surface area (Å²) < 4.78 is 0. The first-order chi connectivity index (χ1) is 8.56. The number of amides is 1. The molecule has 0 bridgehead atoms. The predicted octanol–water partition coefficient (Wildman–Crippen LogP) is 3.35. The molecule has 0 saturated carbocycles. The van der Waals surface area contributed by atoms with Gasteiger partial charge in [0.2, 0.25) is 0 Å². The van der Waals surface area contributed by atoms with Gasteiger partial charge >= 0.3 is 0 Å². The van der Waals surface area contributed by atoms with Gasteiger partial charge in [0.25, 0.3) is 5.91 Å². The Hall–Kier alpha value is -1.78. The molecule has 2 N–H and O–H groups in total. The summed E-state index contributed by atoms with van der Waals surface area (Å²) in [4.78, 5) is 15.6. The van der Waals surface area contributed by atoms with Crippen molar-refractivity contribution in [3.05, 3.63) is 52.3 Å². The number of carbonyl (C=O) groups is 1.